The number of carbonyl (C=O) groups is 3. The molecule has 2 N–H and O–H groups in total. The summed E-state index contributed by atoms with van der Waals surface area (Å²) in [6.45, 7) is 5.87. The van der Waals surface area contributed by atoms with Crippen LogP contribution in [-0.2, 0) is 26.2 Å². The molecule has 2 amide bonds. The lowest BCUT2D eigenvalue weighted by Crippen LogP contribution is -2.50. The van der Waals surface area contributed by atoms with Crippen molar-refractivity contribution in [2.24, 2.45) is 0 Å². The van der Waals surface area contributed by atoms with Crippen LogP contribution in [0.25, 0.3) is 0 Å². The molecule has 5 rings (SSSR count). The summed E-state index contributed by atoms with van der Waals surface area (Å²) in [7, 11) is -2.26. The van der Waals surface area contributed by atoms with E-state index in [1.54, 1.807) is 68.6 Å². The van der Waals surface area contributed by atoms with Crippen LogP contribution in [0.3, 0.4) is 0 Å². The van der Waals surface area contributed by atoms with Gasteiger partial charge in [-0.15, -0.1) is 0 Å². The summed E-state index contributed by atoms with van der Waals surface area (Å²) in [5.41, 5.74) is 2.27. The van der Waals surface area contributed by atoms with E-state index in [4.69, 9.17) is 19.1 Å². The number of aliphatic carboxylic acids is 1. The van der Waals surface area contributed by atoms with Crippen LogP contribution in [-0.4, -0.2) is 102 Å². The highest BCUT2D eigenvalue weighted by molar-refractivity contribution is 7.89. The largest absolute Gasteiger partial charge is 0.497 e. The van der Waals surface area contributed by atoms with Crippen LogP contribution in [0.5, 0.6) is 5.75 Å². The Morgan fingerprint density at radius 1 is 1.10 bits per heavy atom. The van der Waals surface area contributed by atoms with Crippen molar-refractivity contribution in [3.63, 3.8) is 0 Å². The number of piperazine rings is 1. The van der Waals surface area contributed by atoms with Gasteiger partial charge in [0.15, 0.2) is 0 Å². The molecule has 1 aromatic carbocycles. The third kappa shape index (κ3) is 9.32. The molecule has 2 aliphatic rings. The van der Waals surface area contributed by atoms with Crippen LogP contribution in [0.1, 0.15) is 40.1 Å². The van der Waals surface area contributed by atoms with Crippen molar-refractivity contribution in [2.45, 2.75) is 50.3 Å². The summed E-state index contributed by atoms with van der Waals surface area (Å²) in [4.78, 5) is 42.5. The Hall–Kier alpha value is -4.48. The molecule has 1 aliphatic carbocycles. The maximum Gasteiger partial charge on any atom is 0.490 e. The molecule has 17 heteroatoms. The minimum atomic E-state index is -5.08. The summed E-state index contributed by atoms with van der Waals surface area (Å²) in [5, 5.41) is 9.95. The smallest absolute Gasteiger partial charge is 0.490 e. The second-order valence-corrected chi connectivity index (χ2v) is 13.2. The van der Waals surface area contributed by atoms with Gasteiger partial charge in [0.05, 0.1) is 42.5 Å². The maximum atomic E-state index is 13.8. The average molecular weight is 696 g/mol. The minimum absolute atomic E-state index is 0.0466. The fourth-order valence-electron chi connectivity index (χ4n) is 5.19. The Morgan fingerprint density at radius 3 is 2.25 bits per heavy atom. The number of benzene rings is 1. The third-order valence-electron chi connectivity index (χ3n) is 7.62. The third-order valence-corrected chi connectivity index (χ3v) is 9.82. The number of ether oxygens (including phenoxy) is 1. The first-order chi connectivity index (χ1) is 22.6. The van der Waals surface area contributed by atoms with Gasteiger partial charge in [-0.25, -0.2) is 13.2 Å². The van der Waals surface area contributed by atoms with Crippen molar-refractivity contribution in [1.82, 2.24) is 19.1 Å². The van der Waals surface area contributed by atoms with Crippen LogP contribution >= 0.6 is 0 Å². The van der Waals surface area contributed by atoms with E-state index in [2.05, 4.69) is 10.3 Å². The fourth-order valence-corrected chi connectivity index (χ4v) is 7.25. The normalized spacial score (nSPS) is 15.4. The maximum absolute atomic E-state index is 13.8. The van der Waals surface area contributed by atoms with Gasteiger partial charge in [-0.05, 0) is 68.1 Å². The first kappa shape index (κ1) is 36.4. The molecule has 0 unspecified atom stereocenters. The number of alkyl halides is 3. The lowest BCUT2D eigenvalue weighted by Gasteiger charge is -2.34. The molecule has 3 heterocycles. The highest BCUT2D eigenvalue weighted by atomic mass is 32.2. The Labute approximate surface area is 275 Å². The number of methoxy groups -OCH3 is 1. The molecule has 48 heavy (non-hydrogen) atoms. The summed E-state index contributed by atoms with van der Waals surface area (Å²) in [6, 6.07) is 8.51. The number of carbonyl (C=O) groups excluding carboxylic acids is 2. The summed E-state index contributed by atoms with van der Waals surface area (Å²) >= 11 is 0. The average Bonchev–Trinajstić information content (AvgIpc) is 3.75. The summed E-state index contributed by atoms with van der Waals surface area (Å²) in [6.07, 6.45) is 1.11. The Balaban J connectivity index is 0.000000671. The number of amides is 2. The zero-order valence-corrected chi connectivity index (χ0v) is 27.3. The number of anilines is 1. The quantitative estimate of drug-likeness (QED) is 0.320. The predicted octanol–water partition coefficient (Wildman–Crippen LogP) is 3.68. The lowest BCUT2D eigenvalue weighted by molar-refractivity contribution is -0.192. The van der Waals surface area contributed by atoms with Crippen molar-refractivity contribution in [3.05, 3.63) is 71.4 Å². The molecule has 1 saturated carbocycles. The Kier molecular flexibility index (Phi) is 11.5. The molecule has 0 atom stereocenters. The number of halogens is 3. The van der Waals surface area contributed by atoms with Gasteiger partial charge in [-0.2, -0.15) is 17.5 Å². The molecule has 1 aliphatic heterocycles. The van der Waals surface area contributed by atoms with Gasteiger partial charge in [0, 0.05) is 38.4 Å². The van der Waals surface area contributed by atoms with E-state index in [0.29, 0.717) is 60.1 Å². The molecular weight excluding hydrogens is 659 g/mol. The predicted molar refractivity (Wildman–Crippen MR) is 166 cm³/mol. The molecule has 3 aromatic rings. The van der Waals surface area contributed by atoms with E-state index < -0.39 is 22.2 Å². The number of carboxylic acid groups (broad SMARTS) is 1. The number of hydrogen-bond acceptors (Lipinski definition) is 9. The SMILES string of the molecule is COc1cc(C)c(S(=O)(=O)N(Cc2cc(C(=O)N3CCN(CC(=O)Nc4cccnc4)CC3)co2)C2CC2)c(C)c1.O=C(O)C(F)(F)F. The second-order valence-electron chi connectivity index (χ2n) is 11.3. The van der Waals surface area contributed by atoms with Gasteiger partial charge in [0.25, 0.3) is 5.91 Å². The Bertz CT molecular complexity index is 1700. The van der Waals surface area contributed by atoms with Gasteiger partial charge in [-0.3, -0.25) is 19.5 Å². The standard InChI is InChI=1S/C29H35N5O6S.C2HF3O2/c1-20-13-25(39-3)14-21(2)28(20)41(37,38)34(24-6-7-24)17-26-15-22(19-40-26)29(36)33-11-9-32(10-12-33)18-27(35)31-23-5-4-8-30-16-23;3-2(4,5)1(6)7/h4-5,8,13-16,19,24H,6-7,9-12,17-18H2,1-3H3,(H,31,35);(H,6,7). The van der Waals surface area contributed by atoms with Crippen LogP contribution in [0, 0.1) is 13.8 Å². The number of hydrogen-bond donors (Lipinski definition) is 2. The van der Waals surface area contributed by atoms with Crippen LogP contribution in [0.4, 0.5) is 18.9 Å². The van der Waals surface area contributed by atoms with Crippen molar-refractivity contribution < 1.29 is 50.2 Å². The van der Waals surface area contributed by atoms with Crippen molar-refractivity contribution in [3.8, 4) is 5.75 Å². The monoisotopic (exact) mass is 695 g/mol. The number of nitrogens with one attached hydrogen (secondary N) is 1. The fraction of sp³-hybridized carbons (Fsp3) is 0.419. The number of furan rings is 1. The van der Waals surface area contributed by atoms with Crippen LogP contribution < -0.4 is 10.1 Å². The van der Waals surface area contributed by atoms with E-state index in [0.717, 1.165) is 12.8 Å². The number of pyridine rings is 1. The first-order valence-electron chi connectivity index (χ1n) is 14.9. The van der Waals surface area contributed by atoms with E-state index in [-0.39, 0.29) is 35.8 Å². The number of aromatic nitrogens is 1. The summed E-state index contributed by atoms with van der Waals surface area (Å²) < 4.78 is 71.8. The molecule has 0 radical (unpaired) electrons. The van der Waals surface area contributed by atoms with Gasteiger partial charge >= 0.3 is 12.1 Å². The number of sulfonamides is 1. The molecule has 260 valence electrons. The molecule has 0 bridgehead atoms. The number of aryl methyl sites for hydroxylation is 2. The van der Waals surface area contributed by atoms with Gasteiger partial charge < -0.3 is 24.5 Å². The van der Waals surface area contributed by atoms with E-state index in [1.165, 1.54) is 10.6 Å². The molecule has 2 aromatic heterocycles. The zero-order valence-electron chi connectivity index (χ0n) is 26.5. The number of rotatable bonds is 10. The lowest BCUT2D eigenvalue weighted by atomic mass is 10.1. The highest BCUT2D eigenvalue weighted by Crippen LogP contribution is 2.37. The summed E-state index contributed by atoms with van der Waals surface area (Å²) in [5.74, 6) is -2.04. The second kappa shape index (κ2) is 15.2. The van der Waals surface area contributed by atoms with E-state index in [1.807, 2.05) is 4.90 Å². The molecule has 2 fully saturated rings. The minimum Gasteiger partial charge on any atom is -0.497 e. The number of nitrogens with zero attached hydrogens (tertiary/aromatic N) is 4. The topological polar surface area (TPSA) is 163 Å². The van der Waals surface area contributed by atoms with Crippen molar-refractivity contribution in [2.75, 3.05) is 45.2 Å². The Morgan fingerprint density at radius 2 is 1.73 bits per heavy atom. The van der Waals surface area contributed by atoms with Gasteiger partial charge in [0.2, 0.25) is 15.9 Å². The van der Waals surface area contributed by atoms with E-state index in [9.17, 15) is 31.2 Å². The first-order valence-corrected chi connectivity index (χ1v) is 16.3. The molecular formula is C31H36F3N5O8S. The van der Waals surface area contributed by atoms with Crippen LogP contribution in [0.2, 0.25) is 0 Å². The van der Waals surface area contributed by atoms with Crippen molar-refractivity contribution in [1.29, 1.82) is 0 Å². The van der Waals surface area contributed by atoms with E-state index >= 15 is 0 Å². The molecule has 0 spiro atoms. The van der Waals surface area contributed by atoms with Gasteiger partial charge in [0.1, 0.15) is 17.8 Å². The molecule has 1 saturated heterocycles. The highest BCUT2D eigenvalue weighted by Gasteiger charge is 2.40. The molecule has 13 nitrogen and oxygen atoms in total. The van der Waals surface area contributed by atoms with Gasteiger partial charge in [-0.1, -0.05) is 0 Å². The number of carboxylic acids is 1. The van der Waals surface area contributed by atoms with Crippen LogP contribution in [0.15, 0.2) is 58.3 Å². The zero-order chi connectivity index (χ0) is 35.2. The van der Waals surface area contributed by atoms with Crippen molar-refractivity contribution >= 4 is 33.5 Å².